The summed E-state index contributed by atoms with van der Waals surface area (Å²) >= 11 is 6.04. The molecule has 0 unspecified atom stereocenters. The van der Waals surface area contributed by atoms with E-state index in [4.69, 9.17) is 11.6 Å². The maximum Gasteiger partial charge on any atom is 0.0541 e. The molecule has 0 heterocycles. The van der Waals surface area contributed by atoms with E-state index >= 15 is 0 Å². The smallest absolute Gasteiger partial charge is 0.0541 e. The van der Waals surface area contributed by atoms with Crippen LogP contribution in [-0.4, -0.2) is 23.3 Å². The van der Waals surface area contributed by atoms with Gasteiger partial charge in [0.2, 0.25) is 0 Å². The highest BCUT2D eigenvalue weighted by molar-refractivity contribution is 6.30. The van der Waals surface area contributed by atoms with Gasteiger partial charge in [-0.1, -0.05) is 23.7 Å². The summed E-state index contributed by atoms with van der Waals surface area (Å²) in [7, 11) is 0. The van der Waals surface area contributed by atoms with E-state index in [0.717, 1.165) is 30.7 Å². The molecule has 2 fully saturated rings. The van der Waals surface area contributed by atoms with E-state index in [1.165, 1.54) is 18.4 Å². The molecule has 0 radical (unpaired) electrons. The summed E-state index contributed by atoms with van der Waals surface area (Å²) in [4.78, 5) is 0. The van der Waals surface area contributed by atoms with Crippen molar-refractivity contribution >= 4 is 11.6 Å². The molecule has 2 aliphatic rings. The fourth-order valence-corrected chi connectivity index (χ4v) is 3.56. The van der Waals surface area contributed by atoms with Crippen molar-refractivity contribution in [3.05, 3.63) is 34.9 Å². The number of hydrogen-bond donors (Lipinski definition) is 2. The minimum absolute atomic E-state index is 0.0568. The molecule has 104 valence electrons. The zero-order valence-electron chi connectivity index (χ0n) is 11.2. The van der Waals surface area contributed by atoms with Crippen molar-refractivity contribution in [2.45, 2.75) is 62.6 Å². The third-order valence-corrected chi connectivity index (χ3v) is 4.86. The number of rotatable bonds is 3. The molecule has 0 amide bonds. The largest absolute Gasteiger partial charge is 0.393 e. The predicted molar refractivity (Wildman–Crippen MR) is 78.6 cm³/mol. The Hall–Kier alpha value is -0.570. The maximum absolute atomic E-state index is 9.51. The van der Waals surface area contributed by atoms with E-state index in [2.05, 4.69) is 17.4 Å². The maximum atomic E-state index is 9.51. The zero-order chi connectivity index (χ0) is 13.2. The minimum atomic E-state index is -0.0568. The summed E-state index contributed by atoms with van der Waals surface area (Å²) in [6, 6.07) is 9.54. The van der Waals surface area contributed by atoms with Gasteiger partial charge in [-0.05, 0) is 62.1 Å². The molecule has 2 aliphatic carbocycles. The Morgan fingerprint density at radius 1 is 1.05 bits per heavy atom. The van der Waals surface area contributed by atoms with Gasteiger partial charge in [-0.2, -0.15) is 0 Å². The van der Waals surface area contributed by atoms with Crippen LogP contribution in [0.4, 0.5) is 0 Å². The molecule has 0 spiro atoms. The lowest BCUT2D eigenvalue weighted by molar-refractivity contribution is 0.108. The molecule has 0 atom stereocenters. The SMILES string of the molecule is OC1CCC(NC2CC(c3cccc(Cl)c3)C2)CC1. The van der Waals surface area contributed by atoms with Gasteiger partial charge in [-0.15, -0.1) is 0 Å². The standard InChI is InChI=1S/C16H22ClNO/c17-13-3-1-2-11(8-13)12-9-15(10-12)18-14-4-6-16(19)7-5-14/h1-3,8,12,14-16,18-19H,4-7,9-10H2. The Morgan fingerprint density at radius 3 is 2.47 bits per heavy atom. The van der Waals surface area contributed by atoms with Crippen molar-refractivity contribution in [3.63, 3.8) is 0 Å². The van der Waals surface area contributed by atoms with E-state index < -0.39 is 0 Å². The summed E-state index contributed by atoms with van der Waals surface area (Å²) in [5.41, 5.74) is 1.38. The Morgan fingerprint density at radius 2 is 1.79 bits per heavy atom. The van der Waals surface area contributed by atoms with Crippen molar-refractivity contribution in [3.8, 4) is 0 Å². The van der Waals surface area contributed by atoms with Gasteiger partial charge in [-0.25, -0.2) is 0 Å². The highest BCUT2D eigenvalue weighted by Crippen LogP contribution is 2.38. The Balaban J connectivity index is 1.45. The number of hydrogen-bond acceptors (Lipinski definition) is 2. The summed E-state index contributed by atoms with van der Waals surface area (Å²) < 4.78 is 0. The number of aliphatic hydroxyl groups excluding tert-OH is 1. The first-order chi connectivity index (χ1) is 9.20. The molecular weight excluding hydrogens is 258 g/mol. The van der Waals surface area contributed by atoms with Crippen LogP contribution < -0.4 is 5.32 Å². The van der Waals surface area contributed by atoms with Gasteiger partial charge in [0.05, 0.1) is 6.10 Å². The fourth-order valence-electron chi connectivity index (χ4n) is 3.36. The van der Waals surface area contributed by atoms with Crippen molar-refractivity contribution < 1.29 is 5.11 Å². The van der Waals surface area contributed by atoms with E-state index in [-0.39, 0.29) is 6.10 Å². The van der Waals surface area contributed by atoms with E-state index in [1.807, 2.05) is 12.1 Å². The molecule has 0 bridgehead atoms. The third-order valence-electron chi connectivity index (χ3n) is 4.63. The molecular formula is C16H22ClNO. The van der Waals surface area contributed by atoms with E-state index in [0.29, 0.717) is 18.0 Å². The van der Waals surface area contributed by atoms with Crippen molar-refractivity contribution in [2.75, 3.05) is 0 Å². The molecule has 0 saturated heterocycles. The van der Waals surface area contributed by atoms with E-state index in [9.17, 15) is 5.11 Å². The number of aliphatic hydroxyl groups is 1. The van der Waals surface area contributed by atoms with Gasteiger partial charge in [0, 0.05) is 17.1 Å². The van der Waals surface area contributed by atoms with Gasteiger partial charge in [0.15, 0.2) is 0 Å². The van der Waals surface area contributed by atoms with Gasteiger partial charge < -0.3 is 10.4 Å². The second-order valence-corrected chi connectivity index (χ2v) is 6.53. The second-order valence-electron chi connectivity index (χ2n) is 6.09. The zero-order valence-corrected chi connectivity index (χ0v) is 11.9. The van der Waals surface area contributed by atoms with Gasteiger partial charge in [-0.3, -0.25) is 0 Å². The highest BCUT2D eigenvalue weighted by Gasteiger charge is 2.32. The molecule has 3 heteroatoms. The van der Waals surface area contributed by atoms with Gasteiger partial charge in [0.1, 0.15) is 0 Å². The molecule has 2 saturated carbocycles. The van der Waals surface area contributed by atoms with Crippen molar-refractivity contribution in [2.24, 2.45) is 0 Å². The lowest BCUT2D eigenvalue weighted by Crippen LogP contribution is -2.47. The molecule has 2 nitrogen and oxygen atoms in total. The first kappa shape index (κ1) is 13.4. The van der Waals surface area contributed by atoms with Crippen LogP contribution in [0.25, 0.3) is 0 Å². The fraction of sp³-hybridized carbons (Fsp3) is 0.625. The average molecular weight is 280 g/mol. The van der Waals surface area contributed by atoms with Gasteiger partial charge >= 0.3 is 0 Å². The average Bonchev–Trinajstić information content (AvgIpc) is 2.35. The first-order valence-electron chi connectivity index (χ1n) is 7.40. The van der Waals surface area contributed by atoms with Crippen LogP contribution in [-0.2, 0) is 0 Å². The van der Waals surface area contributed by atoms with E-state index in [1.54, 1.807) is 0 Å². The third kappa shape index (κ3) is 3.31. The monoisotopic (exact) mass is 279 g/mol. The lowest BCUT2D eigenvalue weighted by atomic mass is 9.75. The number of halogens is 1. The van der Waals surface area contributed by atoms with Crippen LogP contribution in [0.2, 0.25) is 5.02 Å². The molecule has 2 N–H and O–H groups in total. The summed E-state index contributed by atoms with van der Waals surface area (Å²) in [5.74, 6) is 0.672. The first-order valence-corrected chi connectivity index (χ1v) is 7.78. The predicted octanol–water partition coefficient (Wildman–Crippen LogP) is 3.48. The topological polar surface area (TPSA) is 32.3 Å². The van der Waals surface area contributed by atoms with Gasteiger partial charge in [0.25, 0.3) is 0 Å². The molecule has 1 aromatic carbocycles. The summed E-state index contributed by atoms with van der Waals surface area (Å²) in [6.07, 6.45) is 6.56. The van der Waals surface area contributed by atoms with Crippen molar-refractivity contribution in [1.82, 2.24) is 5.32 Å². The van der Waals surface area contributed by atoms with Crippen LogP contribution in [0.15, 0.2) is 24.3 Å². The normalized spacial score (nSPS) is 34.8. The molecule has 3 rings (SSSR count). The second kappa shape index (κ2) is 5.82. The minimum Gasteiger partial charge on any atom is -0.393 e. The quantitative estimate of drug-likeness (QED) is 0.888. The van der Waals surface area contributed by atoms with Crippen LogP contribution >= 0.6 is 11.6 Å². The van der Waals surface area contributed by atoms with Crippen molar-refractivity contribution in [1.29, 1.82) is 0 Å². The summed E-state index contributed by atoms with van der Waals surface area (Å²) in [6.45, 7) is 0. The van der Waals surface area contributed by atoms with Crippen LogP contribution in [0, 0.1) is 0 Å². The Kier molecular flexibility index (Phi) is 4.11. The van der Waals surface area contributed by atoms with Crippen LogP contribution in [0.3, 0.4) is 0 Å². The van der Waals surface area contributed by atoms with Crippen LogP contribution in [0.5, 0.6) is 0 Å². The number of nitrogens with one attached hydrogen (secondary N) is 1. The Labute approximate surface area is 120 Å². The Bertz CT molecular complexity index is 423. The number of benzene rings is 1. The molecule has 0 aliphatic heterocycles. The lowest BCUT2D eigenvalue weighted by Gasteiger charge is -2.40. The molecule has 0 aromatic heterocycles. The summed E-state index contributed by atoms with van der Waals surface area (Å²) in [5, 5.41) is 14.1. The molecule has 1 aromatic rings. The molecule has 19 heavy (non-hydrogen) atoms. The van der Waals surface area contributed by atoms with Crippen LogP contribution in [0.1, 0.15) is 50.0 Å². The highest BCUT2D eigenvalue weighted by atomic mass is 35.5.